The molecule has 6 nitrogen and oxygen atoms in total. The van der Waals surface area contributed by atoms with Gasteiger partial charge in [0.1, 0.15) is 5.69 Å². The van der Waals surface area contributed by atoms with Gasteiger partial charge in [0.25, 0.3) is 0 Å². The minimum Gasteiger partial charge on any atom is -0.369 e. The molecule has 0 saturated heterocycles. The first-order chi connectivity index (χ1) is 7.18. The second-order valence-electron chi connectivity index (χ2n) is 3.62. The molecule has 0 fully saturated rings. The number of imidazole rings is 1. The molecule has 1 aromatic heterocycles. The molecule has 1 N–H and O–H groups in total. The van der Waals surface area contributed by atoms with E-state index in [0.717, 1.165) is 11.5 Å². The van der Waals surface area contributed by atoms with Crippen molar-refractivity contribution in [3.05, 3.63) is 12.0 Å². The maximum atomic E-state index is 4.36. The zero-order chi connectivity index (χ0) is 10.8. The SMILES string of the molecule is CN(C)/C=N\C1NC=Nc2c1ncn2C. The van der Waals surface area contributed by atoms with Crippen LogP contribution in [0.25, 0.3) is 0 Å². The Morgan fingerprint density at radius 2 is 2.40 bits per heavy atom. The molecular weight excluding hydrogens is 192 g/mol. The molecule has 1 aliphatic rings. The fourth-order valence-electron chi connectivity index (χ4n) is 1.35. The molecule has 2 rings (SSSR count). The Kier molecular flexibility index (Phi) is 2.40. The quantitative estimate of drug-likeness (QED) is 0.558. The molecule has 0 amide bonds. The van der Waals surface area contributed by atoms with Gasteiger partial charge >= 0.3 is 0 Å². The predicted octanol–water partition coefficient (Wildman–Crippen LogP) is 0.272. The van der Waals surface area contributed by atoms with Gasteiger partial charge in [0.05, 0.1) is 19.0 Å². The average Bonchev–Trinajstić information content (AvgIpc) is 2.58. The molecule has 0 radical (unpaired) electrons. The van der Waals surface area contributed by atoms with Gasteiger partial charge < -0.3 is 14.8 Å². The van der Waals surface area contributed by atoms with E-state index in [2.05, 4.69) is 20.3 Å². The van der Waals surface area contributed by atoms with Crippen molar-refractivity contribution in [1.82, 2.24) is 19.8 Å². The lowest BCUT2D eigenvalue weighted by Crippen LogP contribution is -2.23. The number of nitrogens with one attached hydrogen (secondary N) is 1. The van der Waals surface area contributed by atoms with Crippen LogP contribution in [0, 0.1) is 0 Å². The Labute approximate surface area is 88.4 Å². The average molecular weight is 206 g/mol. The van der Waals surface area contributed by atoms with Gasteiger partial charge in [-0.15, -0.1) is 0 Å². The number of fused-ring (bicyclic) bond motifs is 1. The summed E-state index contributed by atoms with van der Waals surface area (Å²) >= 11 is 0. The zero-order valence-corrected chi connectivity index (χ0v) is 9.05. The highest BCUT2D eigenvalue weighted by Gasteiger charge is 2.20. The third-order valence-electron chi connectivity index (χ3n) is 2.06. The summed E-state index contributed by atoms with van der Waals surface area (Å²) in [5.74, 6) is 0.856. The Morgan fingerprint density at radius 1 is 1.60 bits per heavy atom. The maximum absolute atomic E-state index is 4.36. The highest BCUT2D eigenvalue weighted by molar-refractivity contribution is 5.66. The fourth-order valence-corrected chi connectivity index (χ4v) is 1.35. The minimum atomic E-state index is -0.138. The van der Waals surface area contributed by atoms with Gasteiger partial charge in [0, 0.05) is 21.1 Å². The van der Waals surface area contributed by atoms with E-state index in [1.165, 1.54) is 0 Å². The summed E-state index contributed by atoms with van der Waals surface area (Å²) in [5.41, 5.74) is 0.859. The van der Waals surface area contributed by atoms with Gasteiger partial charge in [-0.3, -0.25) is 0 Å². The van der Waals surface area contributed by atoms with Gasteiger partial charge in [0.15, 0.2) is 12.0 Å². The first kappa shape index (κ1) is 9.70. The topological polar surface area (TPSA) is 57.8 Å². The Morgan fingerprint density at radius 3 is 3.13 bits per heavy atom. The normalized spacial score (nSPS) is 19.0. The zero-order valence-electron chi connectivity index (χ0n) is 9.05. The lowest BCUT2D eigenvalue weighted by atomic mass is 10.3. The smallest absolute Gasteiger partial charge is 0.167 e. The van der Waals surface area contributed by atoms with Gasteiger partial charge in [-0.2, -0.15) is 0 Å². The number of aliphatic imine (C=N–C) groups is 2. The number of nitrogens with zero attached hydrogens (tertiary/aromatic N) is 5. The van der Waals surface area contributed by atoms with Crippen molar-refractivity contribution in [3.63, 3.8) is 0 Å². The standard InChI is InChI=1S/C9H14N6/c1-14(2)5-13-8-7-9(11-4-10-8)15(3)6-12-7/h4-6,8H,1-3H3,(H,10,11)/b13-5-. The Hall–Kier alpha value is -1.85. The molecule has 1 aliphatic heterocycles. The van der Waals surface area contributed by atoms with E-state index in [1.54, 1.807) is 19.0 Å². The molecule has 1 unspecified atom stereocenters. The monoisotopic (exact) mass is 206 g/mol. The van der Waals surface area contributed by atoms with Crippen LogP contribution < -0.4 is 5.32 Å². The number of aryl methyl sites for hydroxylation is 1. The summed E-state index contributed by atoms with van der Waals surface area (Å²) in [5, 5.41) is 3.05. The summed E-state index contributed by atoms with van der Waals surface area (Å²) in [6, 6.07) is 0. The van der Waals surface area contributed by atoms with Crippen LogP contribution in [0.15, 0.2) is 16.3 Å². The van der Waals surface area contributed by atoms with Crippen molar-refractivity contribution in [2.24, 2.45) is 17.0 Å². The van der Waals surface area contributed by atoms with E-state index >= 15 is 0 Å². The molecule has 0 bridgehead atoms. The third kappa shape index (κ3) is 1.83. The third-order valence-corrected chi connectivity index (χ3v) is 2.06. The molecule has 15 heavy (non-hydrogen) atoms. The summed E-state index contributed by atoms with van der Waals surface area (Å²) in [6.45, 7) is 0. The van der Waals surface area contributed by atoms with Crippen molar-refractivity contribution in [3.8, 4) is 0 Å². The lowest BCUT2D eigenvalue weighted by molar-refractivity contribution is 0.607. The highest BCUT2D eigenvalue weighted by Crippen LogP contribution is 2.26. The minimum absolute atomic E-state index is 0.138. The van der Waals surface area contributed by atoms with E-state index in [-0.39, 0.29) is 6.17 Å². The van der Waals surface area contributed by atoms with Crippen molar-refractivity contribution >= 4 is 18.5 Å². The van der Waals surface area contributed by atoms with Crippen LogP contribution in [-0.2, 0) is 7.05 Å². The van der Waals surface area contributed by atoms with Crippen LogP contribution in [0.3, 0.4) is 0 Å². The molecule has 0 spiro atoms. The van der Waals surface area contributed by atoms with E-state index < -0.39 is 0 Å². The summed E-state index contributed by atoms with van der Waals surface area (Å²) in [6.07, 6.45) is 5.02. The predicted molar refractivity (Wildman–Crippen MR) is 59.4 cm³/mol. The molecule has 6 heteroatoms. The molecule has 1 atom stereocenters. The van der Waals surface area contributed by atoms with E-state index in [0.29, 0.717) is 0 Å². The summed E-state index contributed by atoms with van der Waals surface area (Å²) in [7, 11) is 5.78. The number of aromatic nitrogens is 2. The van der Waals surface area contributed by atoms with Gasteiger partial charge in [-0.1, -0.05) is 0 Å². The van der Waals surface area contributed by atoms with E-state index in [1.807, 2.05) is 30.6 Å². The summed E-state index contributed by atoms with van der Waals surface area (Å²) in [4.78, 5) is 14.7. The largest absolute Gasteiger partial charge is 0.369 e. The number of hydrogen-bond donors (Lipinski definition) is 1. The molecule has 0 aliphatic carbocycles. The van der Waals surface area contributed by atoms with E-state index in [9.17, 15) is 0 Å². The van der Waals surface area contributed by atoms with E-state index in [4.69, 9.17) is 0 Å². The molecule has 0 aromatic carbocycles. The van der Waals surface area contributed by atoms with Crippen molar-refractivity contribution in [1.29, 1.82) is 0 Å². The lowest BCUT2D eigenvalue weighted by Gasteiger charge is -2.16. The molecule has 80 valence electrons. The van der Waals surface area contributed by atoms with Crippen LogP contribution in [0.2, 0.25) is 0 Å². The molecule has 1 aromatic rings. The van der Waals surface area contributed by atoms with Crippen LogP contribution >= 0.6 is 0 Å². The van der Waals surface area contributed by atoms with Crippen LogP contribution in [0.5, 0.6) is 0 Å². The van der Waals surface area contributed by atoms with Crippen LogP contribution in [-0.4, -0.2) is 41.2 Å². The molecular formula is C9H14N6. The van der Waals surface area contributed by atoms with Crippen molar-refractivity contribution in [2.75, 3.05) is 14.1 Å². The van der Waals surface area contributed by atoms with Gasteiger partial charge in [0.2, 0.25) is 0 Å². The second kappa shape index (κ2) is 3.72. The van der Waals surface area contributed by atoms with Gasteiger partial charge in [-0.25, -0.2) is 15.0 Å². The first-order valence-electron chi connectivity index (χ1n) is 4.68. The molecule has 0 saturated carbocycles. The maximum Gasteiger partial charge on any atom is 0.167 e. The Balaban J connectivity index is 2.27. The van der Waals surface area contributed by atoms with Crippen molar-refractivity contribution in [2.45, 2.75) is 6.17 Å². The highest BCUT2D eigenvalue weighted by atomic mass is 15.2. The second-order valence-corrected chi connectivity index (χ2v) is 3.62. The number of hydrogen-bond acceptors (Lipinski definition) is 4. The van der Waals surface area contributed by atoms with Gasteiger partial charge in [-0.05, 0) is 0 Å². The molecule has 2 heterocycles. The fraction of sp³-hybridized carbons (Fsp3) is 0.444. The Bertz CT molecular complexity index is 403. The summed E-state index contributed by atoms with van der Waals surface area (Å²) < 4.78 is 1.88. The van der Waals surface area contributed by atoms with Crippen LogP contribution in [0.4, 0.5) is 5.82 Å². The van der Waals surface area contributed by atoms with Crippen molar-refractivity contribution < 1.29 is 0 Å². The number of rotatable bonds is 2. The first-order valence-corrected chi connectivity index (χ1v) is 4.68. The van der Waals surface area contributed by atoms with Crippen LogP contribution in [0.1, 0.15) is 11.9 Å².